The predicted octanol–water partition coefficient (Wildman–Crippen LogP) is 4.24. The molecule has 0 aliphatic heterocycles. The number of ether oxygens (including phenoxy) is 1. The van der Waals surface area contributed by atoms with Crippen LogP contribution in [0.5, 0.6) is 11.6 Å². The summed E-state index contributed by atoms with van der Waals surface area (Å²) in [4.78, 5) is 35.5. The van der Waals surface area contributed by atoms with Crippen LogP contribution < -0.4 is 15.6 Å². The molecule has 2 heterocycles. The average molecular weight is 481 g/mol. The lowest BCUT2D eigenvalue weighted by atomic mass is 10.2. The van der Waals surface area contributed by atoms with Gasteiger partial charge in [0, 0.05) is 16.1 Å². The number of rotatable bonds is 6. The van der Waals surface area contributed by atoms with E-state index in [1.807, 2.05) is 12.1 Å². The topological polar surface area (TPSA) is 132 Å². The van der Waals surface area contributed by atoms with E-state index in [-0.39, 0.29) is 11.7 Å². The molecule has 0 saturated carbocycles. The quantitative estimate of drug-likeness (QED) is 0.309. The number of aromatic nitrogens is 3. The van der Waals surface area contributed by atoms with Crippen molar-refractivity contribution in [2.24, 2.45) is 0 Å². The molecule has 4 rings (SSSR count). The van der Waals surface area contributed by atoms with Gasteiger partial charge in [0.05, 0.1) is 10.5 Å². The first-order valence-electron chi connectivity index (χ1n) is 8.86. The van der Waals surface area contributed by atoms with E-state index < -0.39 is 16.5 Å². The molecule has 10 nitrogen and oxygen atoms in total. The first kappa shape index (κ1) is 20.2. The first-order chi connectivity index (χ1) is 15.0. The fourth-order valence-electron chi connectivity index (χ4n) is 2.78. The first-order valence-corrected chi connectivity index (χ1v) is 9.66. The van der Waals surface area contributed by atoms with Crippen molar-refractivity contribution in [1.29, 1.82) is 0 Å². The van der Waals surface area contributed by atoms with Gasteiger partial charge in [-0.25, -0.2) is 4.98 Å². The largest absolute Gasteiger partial charge is 0.431 e. The lowest BCUT2D eigenvalue weighted by Crippen LogP contribution is -2.30. The van der Waals surface area contributed by atoms with Crippen LogP contribution in [0.3, 0.4) is 0 Å². The number of hydrazine groups is 1. The Morgan fingerprint density at radius 1 is 1.03 bits per heavy atom. The molecule has 0 spiro atoms. The van der Waals surface area contributed by atoms with Gasteiger partial charge in [0.1, 0.15) is 11.8 Å². The van der Waals surface area contributed by atoms with E-state index in [1.54, 1.807) is 48.7 Å². The van der Waals surface area contributed by atoms with Crippen molar-refractivity contribution >= 4 is 44.2 Å². The van der Waals surface area contributed by atoms with Gasteiger partial charge in [0.25, 0.3) is 5.91 Å². The van der Waals surface area contributed by atoms with Gasteiger partial charge in [-0.2, -0.15) is 4.98 Å². The van der Waals surface area contributed by atoms with Gasteiger partial charge >= 0.3 is 11.6 Å². The molecular weight excluding hydrogens is 468 g/mol. The highest BCUT2D eigenvalue weighted by Gasteiger charge is 2.26. The van der Waals surface area contributed by atoms with E-state index in [0.29, 0.717) is 21.3 Å². The maximum atomic E-state index is 12.4. The summed E-state index contributed by atoms with van der Waals surface area (Å²) in [5.74, 6) is -0.747. The van der Waals surface area contributed by atoms with E-state index in [9.17, 15) is 14.9 Å². The number of pyridine rings is 1. The third-order valence-electron chi connectivity index (χ3n) is 4.19. The number of amides is 1. The summed E-state index contributed by atoms with van der Waals surface area (Å²) in [5.41, 5.74) is 5.19. The molecule has 2 aromatic carbocycles. The molecule has 11 heteroatoms. The molecule has 0 fully saturated rings. The Hall–Kier alpha value is -4.12. The van der Waals surface area contributed by atoms with Gasteiger partial charge < -0.3 is 4.74 Å². The van der Waals surface area contributed by atoms with E-state index in [0.717, 1.165) is 11.7 Å². The number of fused-ring (bicyclic) bond motifs is 1. The monoisotopic (exact) mass is 480 g/mol. The smallest absolute Gasteiger partial charge is 0.374 e. The molecule has 0 radical (unpaired) electrons. The van der Waals surface area contributed by atoms with Gasteiger partial charge in [-0.3, -0.25) is 30.7 Å². The van der Waals surface area contributed by atoms with Crippen LogP contribution in [0.25, 0.3) is 10.9 Å². The van der Waals surface area contributed by atoms with Crippen molar-refractivity contribution in [3.8, 4) is 11.6 Å². The number of benzene rings is 2. The summed E-state index contributed by atoms with van der Waals surface area (Å²) in [7, 11) is 0. The number of anilines is 1. The van der Waals surface area contributed by atoms with E-state index in [4.69, 9.17) is 4.74 Å². The Bertz CT molecular complexity index is 1290. The van der Waals surface area contributed by atoms with Gasteiger partial charge in [0.2, 0.25) is 5.82 Å². The molecule has 0 aliphatic rings. The molecular formula is C20H13BrN6O4. The summed E-state index contributed by atoms with van der Waals surface area (Å²) < 4.78 is 6.29. The number of nitrogens with zero attached hydrogens (tertiary/aromatic N) is 4. The average Bonchev–Trinajstić information content (AvgIpc) is 2.78. The fourth-order valence-corrected chi connectivity index (χ4v) is 3.25. The molecule has 0 unspecified atom stereocenters. The minimum absolute atomic E-state index is 0.233. The fraction of sp³-hybridized carbons (Fsp3) is 0. The summed E-state index contributed by atoms with van der Waals surface area (Å²) >= 11 is 3.28. The molecule has 2 N–H and O–H groups in total. The third kappa shape index (κ3) is 4.26. The molecule has 1 amide bonds. The second kappa shape index (κ2) is 8.71. The minimum Gasteiger partial charge on any atom is -0.431 e. The molecule has 31 heavy (non-hydrogen) atoms. The van der Waals surface area contributed by atoms with Crippen molar-refractivity contribution in [2.45, 2.75) is 0 Å². The number of hydrogen-bond donors (Lipinski definition) is 2. The number of nitrogens with one attached hydrogen (secondary N) is 2. The van der Waals surface area contributed by atoms with Crippen LogP contribution >= 0.6 is 15.9 Å². The molecule has 0 atom stereocenters. The number of para-hydroxylation sites is 1. The summed E-state index contributed by atoms with van der Waals surface area (Å²) in [5, 5.41) is 12.5. The maximum absolute atomic E-state index is 12.4. The second-order valence-corrected chi connectivity index (χ2v) is 6.98. The van der Waals surface area contributed by atoms with Crippen LogP contribution in [0.1, 0.15) is 10.4 Å². The zero-order chi connectivity index (χ0) is 21.8. The molecule has 0 aliphatic carbocycles. The van der Waals surface area contributed by atoms with E-state index >= 15 is 0 Å². The highest BCUT2D eigenvalue weighted by Crippen LogP contribution is 2.35. The third-order valence-corrected chi connectivity index (χ3v) is 4.88. The summed E-state index contributed by atoms with van der Waals surface area (Å²) in [6, 6.07) is 15.6. The second-order valence-electron chi connectivity index (χ2n) is 6.13. The minimum atomic E-state index is -0.694. The SMILES string of the molecule is O=C(NNc1ncnc(Oc2cccc3cccnc23)c1[N+](=O)[O-])c1ccccc1Br. The van der Waals surface area contributed by atoms with Gasteiger partial charge in [0.15, 0.2) is 5.75 Å². The summed E-state index contributed by atoms with van der Waals surface area (Å²) in [6.45, 7) is 0. The Morgan fingerprint density at radius 3 is 2.65 bits per heavy atom. The highest BCUT2D eigenvalue weighted by molar-refractivity contribution is 9.10. The lowest BCUT2D eigenvalue weighted by molar-refractivity contribution is -0.385. The highest BCUT2D eigenvalue weighted by atomic mass is 79.9. The van der Waals surface area contributed by atoms with E-state index in [1.165, 1.54) is 0 Å². The maximum Gasteiger partial charge on any atom is 0.374 e. The molecule has 0 saturated heterocycles. The van der Waals surface area contributed by atoms with Gasteiger partial charge in [-0.05, 0) is 40.2 Å². The number of carbonyl (C=O) groups is 1. The van der Waals surface area contributed by atoms with Crippen LogP contribution in [0.4, 0.5) is 11.5 Å². The number of halogens is 1. The Morgan fingerprint density at radius 2 is 1.84 bits per heavy atom. The van der Waals surface area contributed by atoms with Gasteiger partial charge in [-0.15, -0.1) is 0 Å². The molecule has 4 aromatic rings. The predicted molar refractivity (Wildman–Crippen MR) is 116 cm³/mol. The molecule has 154 valence electrons. The Balaban J connectivity index is 1.63. The number of nitro groups is 1. The van der Waals surface area contributed by atoms with Gasteiger partial charge in [-0.1, -0.05) is 30.3 Å². The van der Waals surface area contributed by atoms with Crippen molar-refractivity contribution in [3.05, 3.63) is 87.3 Å². The van der Waals surface area contributed by atoms with Crippen molar-refractivity contribution in [2.75, 3.05) is 5.43 Å². The molecule has 2 aromatic heterocycles. The standard InChI is InChI=1S/C20H13BrN6O4/c21-14-8-2-1-7-13(14)19(28)26-25-18-17(27(29)30)20(24-11-23-18)31-15-9-3-5-12-6-4-10-22-16(12)15/h1-11H,(H,26,28)(H,23,24,25). The van der Waals surface area contributed by atoms with Crippen LogP contribution in [0.15, 0.2) is 71.6 Å². The van der Waals surface area contributed by atoms with Crippen molar-refractivity contribution < 1.29 is 14.5 Å². The zero-order valence-electron chi connectivity index (χ0n) is 15.7. The van der Waals surface area contributed by atoms with Crippen LogP contribution in [0.2, 0.25) is 0 Å². The normalized spacial score (nSPS) is 10.5. The van der Waals surface area contributed by atoms with Crippen molar-refractivity contribution in [1.82, 2.24) is 20.4 Å². The summed E-state index contributed by atoms with van der Waals surface area (Å²) in [6.07, 6.45) is 2.68. The number of hydrogen-bond acceptors (Lipinski definition) is 8. The Labute approximate surface area is 183 Å². The van der Waals surface area contributed by atoms with Crippen LogP contribution in [0, 0.1) is 10.1 Å². The number of carbonyl (C=O) groups excluding carboxylic acids is 1. The van der Waals surface area contributed by atoms with E-state index in [2.05, 4.69) is 41.7 Å². The van der Waals surface area contributed by atoms with Crippen molar-refractivity contribution in [3.63, 3.8) is 0 Å². The van der Waals surface area contributed by atoms with Crippen LogP contribution in [-0.2, 0) is 0 Å². The Kier molecular flexibility index (Phi) is 5.67. The lowest BCUT2D eigenvalue weighted by Gasteiger charge is -2.11. The molecule has 0 bridgehead atoms. The van der Waals surface area contributed by atoms with Crippen LogP contribution in [-0.4, -0.2) is 25.8 Å². The zero-order valence-corrected chi connectivity index (χ0v) is 17.2.